The summed E-state index contributed by atoms with van der Waals surface area (Å²) >= 11 is 0. The fraction of sp³-hybridized carbons (Fsp3) is 1.00. The van der Waals surface area contributed by atoms with Crippen molar-refractivity contribution < 1.29 is 0 Å². The highest BCUT2D eigenvalue weighted by Crippen LogP contribution is 2.17. The Labute approximate surface area is 69.5 Å². The predicted octanol–water partition coefficient (Wildman–Crippen LogP) is 1.25. The molecule has 11 heavy (non-hydrogen) atoms. The van der Waals surface area contributed by atoms with Crippen molar-refractivity contribution in [2.45, 2.75) is 57.7 Å². The molecule has 1 aliphatic carbocycles. The van der Waals surface area contributed by atoms with E-state index in [1.165, 1.54) is 25.7 Å². The molecule has 0 amide bonds. The van der Waals surface area contributed by atoms with Gasteiger partial charge in [0.25, 0.3) is 0 Å². The van der Waals surface area contributed by atoms with Crippen LogP contribution < -0.4 is 11.1 Å². The van der Waals surface area contributed by atoms with E-state index in [1.54, 1.807) is 0 Å². The molecule has 1 aliphatic rings. The van der Waals surface area contributed by atoms with E-state index in [1.807, 2.05) is 0 Å². The first-order valence-electron chi connectivity index (χ1n) is 4.70. The normalized spacial score (nSPS) is 32.7. The van der Waals surface area contributed by atoms with Gasteiger partial charge in [0, 0.05) is 18.1 Å². The van der Waals surface area contributed by atoms with Gasteiger partial charge in [-0.05, 0) is 25.7 Å². The highest BCUT2D eigenvalue weighted by molar-refractivity contribution is 4.79. The van der Waals surface area contributed by atoms with Gasteiger partial charge in [-0.1, -0.05) is 13.8 Å². The summed E-state index contributed by atoms with van der Waals surface area (Å²) in [7, 11) is 0. The molecule has 0 bridgehead atoms. The third-order valence-electron chi connectivity index (χ3n) is 2.34. The Balaban J connectivity index is 2.17. The number of nitrogens with two attached hydrogens (primary N) is 1. The highest BCUT2D eigenvalue weighted by Gasteiger charge is 2.18. The Morgan fingerprint density at radius 1 is 1.18 bits per heavy atom. The molecule has 1 saturated carbocycles. The third-order valence-corrected chi connectivity index (χ3v) is 2.34. The van der Waals surface area contributed by atoms with Crippen molar-refractivity contribution >= 4 is 0 Å². The lowest BCUT2D eigenvalue weighted by Crippen LogP contribution is -2.40. The van der Waals surface area contributed by atoms with Crippen LogP contribution in [0.2, 0.25) is 0 Å². The maximum Gasteiger partial charge on any atom is 0.00705 e. The van der Waals surface area contributed by atoms with E-state index in [2.05, 4.69) is 19.2 Å². The van der Waals surface area contributed by atoms with E-state index in [-0.39, 0.29) is 0 Å². The average Bonchev–Trinajstić information content (AvgIpc) is 1.93. The van der Waals surface area contributed by atoms with Gasteiger partial charge in [-0.3, -0.25) is 0 Å². The molecule has 66 valence electrons. The van der Waals surface area contributed by atoms with Gasteiger partial charge in [0.2, 0.25) is 0 Å². The monoisotopic (exact) mass is 156 g/mol. The van der Waals surface area contributed by atoms with Gasteiger partial charge < -0.3 is 11.1 Å². The van der Waals surface area contributed by atoms with Crippen LogP contribution in [-0.4, -0.2) is 18.1 Å². The first-order valence-corrected chi connectivity index (χ1v) is 4.70. The lowest BCUT2D eigenvalue weighted by atomic mass is 9.91. The van der Waals surface area contributed by atoms with Crippen molar-refractivity contribution in [1.29, 1.82) is 0 Å². The van der Waals surface area contributed by atoms with Crippen LogP contribution in [0.25, 0.3) is 0 Å². The zero-order chi connectivity index (χ0) is 8.27. The predicted molar refractivity (Wildman–Crippen MR) is 48.5 cm³/mol. The summed E-state index contributed by atoms with van der Waals surface area (Å²) in [5, 5.41) is 3.55. The molecule has 1 fully saturated rings. The van der Waals surface area contributed by atoms with Gasteiger partial charge in [0.05, 0.1) is 0 Å². The second-order valence-corrected chi connectivity index (χ2v) is 3.93. The molecule has 3 N–H and O–H groups in total. The first-order chi connectivity index (χ1) is 5.18. The number of hydrogen-bond acceptors (Lipinski definition) is 2. The van der Waals surface area contributed by atoms with E-state index in [4.69, 9.17) is 5.73 Å². The van der Waals surface area contributed by atoms with Gasteiger partial charge >= 0.3 is 0 Å². The number of nitrogens with one attached hydrogen (secondary N) is 1. The molecule has 2 nitrogen and oxygen atoms in total. The van der Waals surface area contributed by atoms with Crippen LogP contribution in [0.3, 0.4) is 0 Å². The molecule has 0 aromatic rings. The largest absolute Gasteiger partial charge is 0.328 e. The summed E-state index contributed by atoms with van der Waals surface area (Å²) in [4.78, 5) is 0. The molecule has 0 radical (unpaired) electrons. The second-order valence-electron chi connectivity index (χ2n) is 3.93. The Morgan fingerprint density at radius 2 is 1.73 bits per heavy atom. The topological polar surface area (TPSA) is 38.0 Å². The molecule has 0 atom stereocenters. The fourth-order valence-corrected chi connectivity index (χ4v) is 1.76. The second kappa shape index (κ2) is 4.07. The van der Waals surface area contributed by atoms with Crippen LogP contribution in [0.1, 0.15) is 39.5 Å². The van der Waals surface area contributed by atoms with Gasteiger partial charge in [0.1, 0.15) is 0 Å². The first kappa shape index (κ1) is 9.01. The molecule has 0 saturated heterocycles. The molecular formula is C9H20N2. The Kier molecular flexibility index (Phi) is 3.34. The zero-order valence-electron chi connectivity index (χ0n) is 7.64. The molecule has 1 rings (SSSR count). The summed E-state index contributed by atoms with van der Waals surface area (Å²) in [5.41, 5.74) is 5.80. The lowest BCUT2D eigenvalue weighted by Gasteiger charge is -2.28. The number of hydrogen-bond donors (Lipinski definition) is 2. The van der Waals surface area contributed by atoms with E-state index < -0.39 is 0 Å². The molecule has 0 heterocycles. The molecule has 0 unspecified atom stereocenters. The molecule has 0 spiro atoms. The minimum Gasteiger partial charge on any atom is -0.328 e. The van der Waals surface area contributed by atoms with E-state index in [9.17, 15) is 0 Å². The van der Waals surface area contributed by atoms with E-state index in [0.29, 0.717) is 12.1 Å². The van der Waals surface area contributed by atoms with Crippen LogP contribution >= 0.6 is 0 Å². The summed E-state index contributed by atoms with van der Waals surface area (Å²) in [6, 6.07) is 1.82. The zero-order valence-corrected chi connectivity index (χ0v) is 7.64. The minimum atomic E-state index is 0.472. The van der Waals surface area contributed by atoms with Gasteiger partial charge in [-0.25, -0.2) is 0 Å². The maximum atomic E-state index is 5.80. The number of rotatable bonds is 2. The van der Waals surface area contributed by atoms with Crippen molar-refractivity contribution in [3.63, 3.8) is 0 Å². The summed E-state index contributed by atoms with van der Waals surface area (Å²) in [6.07, 6.45) is 4.92. The van der Waals surface area contributed by atoms with Crippen molar-refractivity contribution in [3.8, 4) is 0 Å². The minimum absolute atomic E-state index is 0.472. The maximum absolute atomic E-state index is 5.80. The van der Waals surface area contributed by atoms with Crippen molar-refractivity contribution in [3.05, 3.63) is 0 Å². The Morgan fingerprint density at radius 3 is 2.18 bits per heavy atom. The quantitative estimate of drug-likeness (QED) is 0.631. The van der Waals surface area contributed by atoms with Gasteiger partial charge in [0.15, 0.2) is 0 Å². The SMILES string of the molecule is CC(C)NC1CCC(N)CC1. The molecule has 2 heteroatoms. The third kappa shape index (κ3) is 3.21. The van der Waals surface area contributed by atoms with Crippen LogP contribution in [0.15, 0.2) is 0 Å². The Bertz CT molecular complexity index is 104. The van der Waals surface area contributed by atoms with Crippen LogP contribution in [0, 0.1) is 0 Å². The van der Waals surface area contributed by atoms with Crippen molar-refractivity contribution in [2.75, 3.05) is 0 Å². The smallest absolute Gasteiger partial charge is 0.00705 e. The van der Waals surface area contributed by atoms with E-state index >= 15 is 0 Å². The fourth-order valence-electron chi connectivity index (χ4n) is 1.76. The molecule has 0 aliphatic heterocycles. The Hall–Kier alpha value is -0.0800. The summed E-state index contributed by atoms with van der Waals surface area (Å²) in [6.45, 7) is 4.41. The van der Waals surface area contributed by atoms with Crippen LogP contribution in [0.5, 0.6) is 0 Å². The summed E-state index contributed by atoms with van der Waals surface area (Å²) in [5.74, 6) is 0. The summed E-state index contributed by atoms with van der Waals surface area (Å²) < 4.78 is 0. The average molecular weight is 156 g/mol. The highest BCUT2D eigenvalue weighted by atomic mass is 14.9. The standard InChI is InChI=1S/C9H20N2/c1-7(2)11-9-5-3-8(10)4-6-9/h7-9,11H,3-6,10H2,1-2H3. The van der Waals surface area contributed by atoms with Crippen LogP contribution in [-0.2, 0) is 0 Å². The molecule has 0 aromatic carbocycles. The van der Waals surface area contributed by atoms with E-state index in [0.717, 1.165) is 6.04 Å². The van der Waals surface area contributed by atoms with Crippen LogP contribution in [0.4, 0.5) is 0 Å². The molecule has 0 aromatic heterocycles. The van der Waals surface area contributed by atoms with Gasteiger partial charge in [-0.2, -0.15) is 0 Å². The lowest BCUT2D eigenvalue weighted by molar-refractivity contribution is 0.326. The van der Waals surface area contributed by atoms with Gasteiger partial charge in [-0.15, -0.1) is 0 Å². The molecular weight excluding hydrogens is 136 g/mol. The van der Waals surface area contributed by atoms with Crippen molar-refractivity contribution in [2.24, 2.45) is 5.73 Å². The van der Waals surface area contributed by atoms with Crippen molar-refractivity contribution in [1.82, 2.24) is 5.32 Å².